The molecule has 1 aromatic heterocycles. The van der Waals surface area contributed by atoms with Crippen LogP contribution in [0, 0.1) is 5.92 Å². The van der Waals surface area contributed by atoms with Crippen LogP contribution < -0.4 is 10.7 Å². The molecular weight excluding hydrogens is 482 g/mol. The highest BCUT2D eigenvalue weighted by Crippen LogP contribution is 2.26. The minimum absolute atomic E-state index is 0.192. The SMILES string of the molecule is CCCOC(=O)c1ccccc1-c1ccc(C=NNC(=O)C(NC(=O)c2cccc(Cl)c2)C(C)C)o1. The van der Waals surface area contributed by atoms with E-state index in [4.69, 9.17) is 20.8 Å². The lowest BCUT2D eigenvalue weighted by Crippen LogP contribution is -2.48. The van der Waals surface area contributed by atoms with E-state index in [0.717, 1.165) is 6.42 Å². The molecule has 0 fully saturated rings. The van der Waals surface area contributed by atoms with Crippen LogP contribution in [0.3, 0.4) is 0 Å². The van der Waals surface area contributed by atoms with Gasteiger partial charge in [0.1, 0.15) is 17.6 Å². The molecule has 1 heterocycles. The molecule has 0 saturated carbocycles. The molecule has 2 aromatic carbocycles. The van der Waals surface area contributed by atoms with Crippen molar-refractivity contribution in [2.45, 2.75) is 33.2 Å². The first-order valence-corrected chi connectivity index (χ1v) is 11.9. The van der Waals surface area contributed by atoms with Crippen molar-refractivity contribution >= 4 is 35.6 Å². The number of nitrogens with zero attached hydrogens (tertiary/aromatic N) is 1. The number of hydrazone groups is 1. The van der Waals surface area contributed by atoms with Crippen molar-refractivity contribution < 1.29 is 23.5 Å². The van der Waals surface area contributed by atoms with E-state index in [1.165, 1.54) is 12.3 Å². The van der Waals surface area contributed by atoms with Gasteiger partial charge in [0, 0.05) is 16.1 Å². The van der Waals surface area contributed by atoms with Crippen LogP contribution in [-0.4, -0.2) is 36.6 Å². The molecule has 0 bridgehead atoms. The smallest absolute Gasteiger partial charge is 0.338 e. The molecule has 1 unspecified atom stereocenters. The van der Waals surface area contributed by atoms with Crippen molar-refractivity contribution in [3.63, 3.8) is 0 Å². The number of furan rings is 1. The molecule has 9 heteroatoms. The van der Waals surface area contributed by atoms with Gasteiger partial charge >= 0.3 is 5.97 Å². The van der Waals surface area contributed by atoms with Gasteiger partial charge in [-0.25, -0.2) is 10.2 Å². The molecule has 0 aliphatic carbocycles. The van der Waals surface area contributed by atoms with Gasteiger partial charge in [0.2, 0.25) is 0 Å². The lowest BCUT2D eigenvalue weighted by molar-refractivity contribution is -0.123. The third-order valence-corrected chi connectivity index (χ3v) is 5.40. The summed E-state index contributed by atoms with van der Waals surface area (Å²) < 4.78 is 11.0. The number of hydrogen-bond donors (Lipinski definition) is 2. The number of hydrogen-bond acceptors (Lipinski definition) is 6. The molecule has 8 nitrogen and oxygen atoms in total. The minimum Gasteiger partial charge on any atom is -0.462 e. The van der Waals surface area contributed by atoms with E-state index in [9.17, 15) is 14.4 Å². The van der Waals surface area contributed by atoms with E-state index < -0.39 is 23.8 Å². The first kappa shape index (κ1) is 26.7. The van der Waals surface area contributed by atoms with Gasteiger partial charge in [0.15, 0.2) is 0 Å². The zero-order valence-corrected chi connectivity index (χ0v) is 21.0. The molecule has 1 atom stereocenters. The number of carbonyl (C=O) groups excluding carboxylic acids is 3. The number of halogens is 1. The number of carbonyl (C=O) groups is 3. The molecule has 36 heavy (non-hydrogen) atoms. The Bertz CT molecular complexity index is 1250. The van der Waals surface area contributed by atoms with Gasteiger partial charge in [-0.1, -0.05) is 56.6 Å². The number of amides is 2. The second-order valence-corrected chi connectivity index (χ2v) is 8.76. The van der Waals surface area contributed by atoms with Gasteiger partial charge in [-0.2, -0.15) is 5.10 Å². The lowest BCUT2D eigenvalue weighted by atomic mass is 10.0. The first-order chi connectivity index (χ1) is 17.3. The standard InChI is InChI=1S/C27H28ClN3O5/c1-4-14-35-27(34)22-11-6-5-10-21(22)23-13-12-20(36-23)16-29-31-26(33)24(17(2)3)30-25(32)18-8-7-9-19(28)15-18/h5-13,15-17,24H,4,14H2,1-3H3,(H,30,32)(H,31,33). The Morgan fingerprint density at radius 1 is 1.08 bits per heavy atom. The predicted molar refractivity (Wildman–Crippen MR) is 138 cm³/mol. The number of ether oxygens (including phenoxy) is 1. The van der Waals surface area contributed by atoms with Gasteiger partial charge < -0.3 is 14.5 Å². The predicted octanol–water partition coefficient (Wildman–Crippen LogP) is 5.07. The minimum atomic E-state index is -0.818. The maximum Gasteiger partial charge on any atom is 0.338 e. The summed E-state index contributed by atoms with van der Waals surface area (Å²) in [6, 6.07) is 16.0. The second kappa shape index (κ2) is 12.7. The molecule has 2 amide bonds. The van der Waals surface area contributed by atoms with E-state index in [2.05, 4.69) is 15.8 Å². The Kier molecular flexibility index (Phi) is 9.41. The average Bonchev–Trinajstić information content (AvgIpc) is 3.34. The Hall–Kier alpha value is -3.91. The van der Waals surface area contributed by atoms with Gasteiger partial charge in [-0.05, 0) is 48.7 Å². The van der Waals surface area contributed by atoms with Crippen molar-refractivity contribution in [2.24, 2.45) is 11.0 Å². The molecule has 3 aromatic rings. The number of nitrogens with one attached hydrogen (secondary N) is 2. The lowest BCUT2D eigenvalue weighted by Gasteiger charge is -2.20. The van der Waals surface area contributed by atoms with Crippen LogP contribution in [0.5, 0.6) is 0 Å². The van der Waals surface area contributed by atoms with Crippen molar-refractivity contribution in [2.75, 3.05) is 6.61 Å². The molecule has 0 spiro atoms. The highest BCUT2D eigenvalue weighted by molar-refractivity contribution is 6.31. The van der Waals surface area contributed by atoms with E-state index >= 15 is 0 Å². The van der Waals surface area contributed by atoms with Crippen LogP contribution in [0.2, 0.25) is 5.02 Å². The van der Waals surface area contributed by atoms with Crippen molar-refractivity contribution in [3.05, 3.63) is 82.6 Å². The van der Waals surface area contributed by atoms with Crippen LogP contribution in [0.4, 0.5) is 0 Å². The normalized spacial score (nSPS) is 11.9. The molecule has 0 aliphatic rings. The van der Waals surface area contributed by atoms with E-state index in [0.29, 0.717) is 39.8 Å². The third kappa shape index (κ3) is 7.05. The summed E-state index contributed by atoms with van der Waals surface area (Å²) >= 11 is 5.95. The maximum atomic E-state index is 12.7. The fourth-order valence-electron chi connectivity index (χ4n) is 3.33. The van der Waals surface area contributed by atoms with Gasteiger partial charge in [0.25, 0.3) is 11.8 Å². The summed E-state index contributed by atoms with van der Waals surface area (Å²) in [5.41, 5.74) is 3.78. The van der Waals surface area contributed by atoms with Crippen LogP contribution in [-0.2, 0) is 9.53 Å². The number of esters is 1. The molecule has 0 aliphatic heterocycles. The Labute approximate surface area is 214 Å². The summed E-state index contributed by atoms with van der Waals surface area (Å²) in [5.74, 6) is -0.685. The first-order valence-electron chi connectivity index (χ1n) is 11.6. The quantitative estimate of drug-likeness (QED) is 0.225. The van der Waals surface area contributed by atoms with Crippen LogP contribution in [0.1, 0.15) is 53.7 Å². The van der Waals surface area contributed by atoms with Gasteiger partial charge in [-0.3, -0.25) is 9.59 Å². The largest absolute Gasteiger partial charge is 0.462 e. The second-order valence-electron chi connectivity index (χ2n) is 8.32. The fraction of sp³-hybridized carbons (Fsp3) is 0.259. The van der Waals surface area contributed by atoms with E-state index in [-0.39, 0.29) is 5.92 Å². The number of rotatable bonds is 10. The van der Waals surface area contributed by atoms with Crippen LogP contribution >= 0.6 is 11.6 Å². The summed E-state index contributed by atoms with van der Waals surface area (Å²) in [7, 11) is 0. The third-order valence-electron chi connectivity index (χ3n) is 5.17. The van der Waals surface area contributed by atoms with Crippen molar-refractivity contribution in [1.82, 2.24) is 10.7 Å². The monoisotopic (exact) mass is 509 g/mol. The molecule has 0 saturated heterocycles. The molecule has 3 rings (SSSR count). The summed E-state index contributed by atoms with van der Waals surface area (Å²) in [6.07, 6.45) is 2.07. The zero-order chi connectivity index (χ0) is 26.1. The number of benzene rings is 2. The summed E-state index contributed by atoms with van der Waals surface area (Å²) in [4.78, 5) is 37.6. The van der Waals surface area contributed by atoms with E-state index in [1.807, 2.05) is 20.8 Å². The Balaban J connectivity index is 1.66. The van der Waals surface area contributed by atoms with Gasteiger partial charge in [-0.15, -0.1) is 0 Å². The van der Waals surface area contributed by atoms with Gasteiger partial charge in [0.05, 0.1) is 18.4 Å². The van der Waals surface area contributed by atoms with Crippen molar-refractivity contribution in [1.29, 1.82) is 0 Å². The highest BCUT2D eigenvalue weighted by Gasteiger charge is 2.24. The average molecular weight is 510 g/mol. The Morgan fingerprint density at radius 2 is 1.86 bits per heavy atom. The summed E-state index contributed by atoms with van der Waals surface area (Å²) in [5, 5.41) is 7.10. The van der Waals surface area contributed by atoms with Crippen molar-refractivity contribution in [3.8, 4) is 11.3 Å². The zero-order valence-electron chi connectivity index (χ0n) is 20.3. The van der Waals surface area contributed by atoms with Crippen LogP contribution in [0.25, 0.3) is 11.3 Å². The summed E-state index contributed by atoms with van der Waals surface area (Å²) in [6.45, 7) is 5.88. The maximum absolute atomic E-state index is 12.7. The molecular formula is C27H28ClN3O5. The molecule has 2 N–H and O–H groups in total. The van der Waals surface area contributed by atoms with Crippen LogP contribution in [0.15, 0.2) is 70.2 Å². The molecule has 0 radical (unpaired) electrons. The molecule has 188 valence electrons. The van der Waals surface area contributed by atoms with E-state index in [1.54, 1.807) is 54.6 Å². The topological polar surface area (TPSA) is 110 Å². The fourth-order valence-corrected chi connectivity index (χ4v) is 3.52. The highest BCUT2D eigenvalue weighted by atomic mass is 35.5. The Morgan fingerprint density at radius 3 is 2.58 bits per heavy atom.